The molecule has 1 saturated heterocycles. The van der Waals surface area contributed by atoms with Crippen molar-refractivity contribution in [2.24, 2.45) is 0 Å². The average Bonchev–Trinajstić information content (AvgIpc) is 2.52. The van der Waals surface area contributed by atoms with Gasteiger partial charge in [0.15, 0.2) is 0 Å². The maximum atomic E-state index is 12.1. The predicted molar refractivity (Wildman–Crippen MR) is 99.3 cm³/mol. The predicted octanol–water partition coefficient (Wildman–Crippen LogP) is 1.02. The fourth-order valence-corrected chi connectivity index (χ4v) is 2.34. The fraction of sp³-hybridized carbons (Fsp3) is 0.600. The third-order valence-electron chi connectivity index (χ3n) is 3.72. The van der Waals surface area contributed by atoms with Gasteiger partial charge in [-0.25, -0.2) is 4.98 Å². The van der Waals surface area contributed by atoms with Crippen LogP contribution in [-0.2, 0) is 0 Å². The lowest BCUT2D eigenvalue weighted by molar-refractivity contribution is 0.0953. The average molecular weight is 364 g/mol. The van der Waals surface area contributed by atoms with E-state index < -0.39 is 0 Å². The van der Waals surface area contributed by atoms with Crippen molar-refractivity contribution in [3.8, 4) is 0 Å². The number of carbonyl (C=O) groups excluding carboxylic acids is 1. The number of nitrogens with one attached hydrogen (secondary N) is 2. The number of hydrogen-bond acceptors (Lipinski definition) is 5. The molecule has 2 heterocycles. The summed E-state index contributed by atoms with van der Waals surface area (Å²) in [5, 5.41) is 6.00. The molecule has 1 aliphatic heterocycles. The minimum Gasteiger partial charge on any atom is -0.354 e. The number of carbonyl (C=O) groups is 1. The van der Waals surface area contributed by atoms with Gasteiger partial charge in [0.25, 0.3) is 5.91 Å². The molecule has 1 fully saturated rings. The van der Waals surface area contributed by atoms with Gasteiger partial charge in [0.1, 0.15) is 5.82 Å². The molecular weight excluding hydrogens is 337 g/mol. The topological polar surface area (TPSA) is 60.5 Å². The van der Waals surface area contributed by atoms with Crippen LogP contribution in [0.2, 0.25) is 0 Å². The molecule has 6 nitrogen and oxygen atoms in total. The molecule has 0 radical (unpaired) electrons. The van der Waals surface area contributed by atoms with Gasteiger partial charge in [0, 0.05) is 44.5 Å². The number of halogens is 2. The fourth-order valence-electron chi connectivity index (χ4n) is 2.34. The first-order valence-corrected chi connectivity index (χ1v) is 7.53. The summed E-state index contributed by atoms with van der Waals surface area (Å²) in [6.45, 7) is 5.56. The highest BCUT2D eigenvalue weighted by molar-refractivity contribution is 5.94. The van der Waals surface area contributed by atoms with Crippen molar-refractivity contribution in [3.05, 3.63) is 23.9 Å². The number of piperazine rings is 1. The standard InChI is InChI=1S/C15H25N5O.2ClH/c1-16-5-3-6-18-15(21)13-4-7-17-14(12-13)20-10-8-19(2)9-11-20;;/h4,7,12,16H,3,5-6,8-11H2,1-2H3,(H,18,21);2*1H. The summed E-state index contributed by atoms with van der Waals surface area (Å²) in [4.78, 5) is 21.0. The van der Waals surface area contributed by atoms with Gasteiger partial charge >= 0.3 is 0 Å². The molecule has 1 aliphatic rings. The molecule has 132 valence electrons. The Morgan fingerprint density at radius 2 is 1.91 bits per heavy atom. The highest BCUT2D eigenvalue weighted by atomic mass is 35.5. The normalized spacial score (nSPS) is 14.6. The van der Waals surface area contributed by atoms with Crippen LogP contribution >= 0.6 is 24.8 Å². The molecule has 2 N–H and O–H groups in total. The van der Waals surface area contributed by atoms with E-state index in [1.165, 1.54) is 0 Å². The van der Waals surface area contributed by atoms with Crippen LogP contribution in [0.5, 0.6) is 0 Å². The Hall–Kier alpha value is -1.08. The van der Waals surface area contributed by atoms with E-state index in [-0.39, 0.29) is 30.7 Å². The summed E-state index contributed by atoms with van der Waals surface area (Å²) in [5.74, 6) is 0.870. The van der Waals surface area contributed by atoms with Gasteiger partial charge < -0.3 is 20.4 Å². The van der Waals surface area contributed by atoms with Crippen LogP contribution in [0.1, 0.15) is 16.8 Å². The van der Waals surface area contributed by atoms with E-state index in [0.717, 1.165) is 45.0 Å². The van der Waals surface area contributed by atoms with Gasteiger partial charge in [0.05, 0.1) is 0 Å². The summed E-state index contributed by atoms with van der Waals surface area (Å²) in [6, 6.07) is 3.66. The number of anilines is 1. The zero-order chi connectivity index (χ0) is 15.1. The number of amides is 1. The Morgan fingerprint density at radius 3 is 2.57 bits per heavy atom. The lowest BCUT2D eigenvalue weighted by Crippen LogP contribution is -2.44. The monoisotopic (exact) mass is 363 g/mol. The van der Waals surface area contributed by atoms with Crippen molar-refractivity contribution in [1.82, 2.24) is 20.5 Å². The van der Waals surface area contributed by atoms with Crippen LogP contribution in [0.15, 0.2) is 18.3 Å². The lowest BCUT2D eigenvalue weighted by Gasteiger charge is -2.33. The van der Waals surface area contributed by atoms with Crippen molar-refractivity contribution in [2.75, 3.05) is 58.3 Å². The molecule has 1 aromatic rings. The Balaban J connectivity index is 0.00000242. The van der Waals surface area contributed by atoms with Crippen LogP contribution in [0.25, 0.3) is 0 Å². The highest BCUT2D eigenvalue weighted by Crippen LogP contribution is 2.14. The van der Waals surface area contributed by atoms with Crippen molar-refractivity contribution in [1.29, 1.82) is 0 Å². The molecule has 1 aromatic heterocycles. The van der Waals surface area contributed by atoms with Gasteiger partial charge in [-0.3, -0.25) is 4.79 Å². The third kappa shape index (κ3) is 6.91. The molecule has 2 rings (SSSR count). The molecule has 0 unspecified atom stereocenters. The van der Waals surface area contributed by atoms with Crippen LogP contribution in [-0.4, -0.2) is 69.2 Å². The van der Waals surface area contributed by atoms with E-state index in [1.54, 1.807) is 12.3 Å². The van der Waals surface area contributed by atoms with E-state index in [0.29, 0.717) is 12.1 Å². The van der Waals surface area contributed by atoms with Gasteiger partial charge in [-0.1, -0.05) is 0 Å². The molecule has 23 heavy (non-hydrogen) atoms. The minimum atomic E-state index is -0.0242. The zero-order valence-corrected chi connectivity index (χ0v) is 15.4. The second kappa shape index (κ2) is 11.5. The Bertz CT molecular complexity index is 467. The van der Waals surface area contributed by atoms with Gasteiger partial charge in [-0.2, -0.15) is 0 Å². The Kier molecular flexibility index (Phi) is 10.9. The number of likely N-dealkylation sites (N-methyl/N-ethyl adjacent to an activating group) is 1. The smallest absolute Gasteiger partial charge is 0.251 e. The largest absolute Gasteiger partial charge is 0.354 e. The van der Waals surface area contributed by atoms with Crippen molar-refractivity contribution < 1.29 is 4.79 Å². The van der Waals surface area contributed by atoms with Gasteiger partial charge in [-0.15, -0.1) is 24.8 Å². The Labute approximate surface area is 150 Å². The van der Waals surface area contributed by atoms with Crippen LogP contribution in [0, 0.1) is 0 Å². The second-order valence-electron chi connectivity index (χ2n) is 5.41. The van der Waals surface area contributed by atoms with Gasteiger partial charge in [0.2, 0.25) is 0 Å². The molecular formula is C15H27Cl2N5O. The quantitative estimate of drug-likeness (QED) is 0.738. The minimum absolute atomic E-state index is 0. The van der Waals surface area contributed by atoms with E-state index >= 15 is 0 Å². The molecule has 0 aliphatic carbocycles. The van der Waals surface area contributed by atoms with Crippen molar-refractivity contribution in [3.63, 3.8) is 0 Å². The molecule has 0 atom stereocenters. The van der Waals surface area contributed by atoms with Crippen molar-refractivity contribution in [2.45, 2.75) is 6.42 Å². The number of hydrogen-bond donors (Lipinski definition) is 2. The summed E-state index contributed by atoms with van der Waals surface area (Å²) in [6.07, 6.45) is 2.65. The number of aromatic nitrogens is 1. The highest BCUT2D eigenvalue weighted by Gasteiger charge is 2.16. The summed E-state index contributed by atoms with van der Waals surface area (Å²) < 4.78 is 0. The maximum absolute atomic E-state index is 12.1. The van der Waals surface area contributed by atoms with Crippen LogP contribution in [0.3, 0.4) is 0 Å². The zero-order valence-electron chi connectivity index (χ0n) is 13.7. The SMILES string of the molecule is CNCCCNC(=O)c1ccnc(N2CCN(C)CC2)c1.Cl.Cl. The van der Waals surface area contributed by atoms with E-state index in [2.05, 4.69) is 32.5 Å². The Morgan fingerprint density at radius 1 is 1.22 bits per heavy atom. The molecule has 0 aromatic carbocycles. The van der Waals surface area contributed by atoms with Gasteiger partial charge in [-0.05, 0) is 39.2 Å². The van der Waals surface area contributed by atoms with Crippen molar-refractivity contribution >= 4 is 36.5 Å². The van der Waals surface area contributed by atoms with Crippen LogP contribution < -0.4 is 15.5 Å². The first-order valence-electron chi connectivity index (χ1n) is 7.53. The molecule has 8 heteroatoms. The summed E-state index contributed by atoms with van der Waals surface area (Å²) in [7, 11) is 4.03. The number of nitrogens with zero attached hydrogens (tertiary/aromatic N) is 3. The van der Waals surface area contributed by atoms with E-state index in [4.69, 9.17) is 0 Å². The first-order chi connectivity index (χ1) is 10.2. The summed E-state index contributed by atoms with van der Waals surface area (Å²) in [5.41, 5.74) is 0.684. The number of pyridine rings is 1. The van der Waals surface area contributed by atoms with E-state index in [9.17, 15) is 4.79 Å². The third-order valence-corrected chi connectivity index (χ3v) is 3.72. The second-order valence-corrected chi connectivity index (χ2v) is 5.41. The summed E-state index contributed by atoms with van der Waals surface area (Å²) >= 11 is 0. The molecule has 0 spiro atoms. The van der Waals surface area contributed by atoms with E-state index in [1.807, 2.05) is 13.1 Å². The number of rotatable bonds is 6. The molecule has 1 amide bonds. The molecule has 0 saturated carbocycles. The van der Waals surface area contributed by atoms with Crippen LogP contribution in [0.4, 0.5) is 5.82 Å². The maximum Gasteiger partial charge on any atom is 0.251 e. The first kappa shape index (κ1) is 21.9. The molecule has 0 bridgehead atoms. The lowest BCUT2D eigenvalue weighted by atomic mass is 10.2.